The van der Waals surface area contributed by atoms with Crippen molar-refractivity contribution < 1.29 is 8.78 Å². The van der Waals surface area contributed by atoms with Crippen LogP contribution in [-0.2, 0) is 0 Å². The fourth-order valence-electron chi connectivity index (χ4n) is 2.80. The minimum Gasteiger partial charge on any atom is -0.207 e. The topological polar surface area (TPSA) is 0 Å². The predicted octanol–water partition coefficient (Wildman–Crippen LogP) is 6.52. The van der Waals surface area contributed by atoms with Gasteiger partial charge in [0.1, 0.15) is 11.6 Å². The van der Waals surface area contributed by atoms with Crippen LogP contribution in [0.4, 0.5) is 8.78 Å². The van der Waals surface area contributed by atoms with E-state index >= 15 is 0 Å². The van der Waals surface area contributed by atoms with Crippen molar-refractivity contribution in [2.45, 2.75) is 49.8 Å². The first-order valence-electron chi connectivity index (χ1n) is 6.86. The van der Waals surface area contributed by atoms with Gasteiger partial charge in [-0.25, -0.2) is 8.78 Å². The molecular formula is C15H18Br2F2. The van der Waals surface area contributed by atoms with Crippen molar-refractivity contribution in [2.75, 3.05) is 0 Å². The summed E-state index contributed by atoms with van der Waals surface area (Å²) >= 11 is 6.54. The highest BCUT2D eigenvalue weighted by molar-refractivity contribution is 9.10. The second kappa shape index (κ2) is 7.16. The molecule has 0 heterocycles. The predicted molar refractivity (Wildman–Crippen MR) is 81.5 cm³/mol. The van der Waals surface area contributed by atoms with Crippen molar-refractivity contribution in [1.29, 1.82) is 0 Å². The first kappa shape index (κ1) is 15.4. The summed E-state index contributed by atoms with van der Waals surface area (Å²) < 4.78 is 27.6. The maximum atomic E-state index is 13.9. The van der Waals surface area contributed by atoms with E-state index in [2.05, 4.69) is 31.9 Å². The summed E-state index contributed by atoms with van der Waals surface area (Å²) in [5.74, 6) is -0.122. The van der Waals surface area contributed by atoms with Gasteiger partial charge in [0.15, 0.2) is 0 Å². The van der Waals surface area contributed by atoms with Crippen LogP contribution in [0.15, 0.2) is 16.6 Å². The third kappa shape index (κ3) is 4.25. The minimum absolute atomic E-state index is 0.0989. The number of hydrogen-bond acceptors (Lipinski definition) is 0. The molecule has 2 rings (SSSR count). The maximum absolute atomic E-state index is 13.9. The van der Waals surface area contributed by atoms with E-state index in [0.29, 0.717) is 11.5 Å². The zero-order valence-corrected chi connectivity index (χ0v) is 13.9. The van der Waals surface area contributed by atoms with E-state index in [1.807, 2.05) is 0 Å². The average Bonchev–Trinajstić information content (AvgIpc) is 2.62. The Kier molecular flexibility index (Phi) is 5.82. The van der Waals surface area contributed by atoms with Gasteiger partial charge < -0.3 is 0 Å². The van der Waals surface area contributed by atoms with Gasteiger partial charge in [-0.1, -0.05) is 54.5 Å². The van der Waals surface area contributed by atoms with Crippen molar-refractivity contribution >= 4 is 31.9 Å². The molecule has 1 atom stereocenters. The zero-order valence-electron chi connectivity index (χ0n) is 10.8. The third-order valence-corrected chi connectivity index (χ3v) is 5.37. The lowest BCUT2D eigenvalue weighted by Crippen LogP contribution is -2.05. The molecular weight excluding hydrogens is 378 g/mol. The molecule has 1 saturated carbocycles. The van der Waals surface area contributed by atoms with Crippen LogP contribution >= 0.6 is 31.9 Å². The number of alkyl halides is 1. The number of hydrogen-bond donors (Lipinski definition) is 0. The van der Waals surface area contributed by atoms with E-state index in [4.69, 9.17) is 0 Å². The van der Waals surface area contributed by atoms with E-state index in [1.54, 1.807) is 0 Å². The Morgan fingerprint density at radius 3 is 2.32 bits per heavy atom. The quantitative estimate of drug-likeness (QED) is 0.310. The summed E-state index contributed by atoms with van der Waals surface area (Å²) in [6, 6.07) is 2.52. The second-order valence-corrected chi connectivity index (χ2v) is 7.31. The van der Waals surface area contributed by atoms with Crippen LogP contribution < -0.4 is 0 Å². The monoisotopic (exact) mass is 394 g/mol. The molecule has 0 aromatic heterocycles. The van der Waals surface area contributed by atoms with E-state index in [1.165, 1.54) is 50.7 Å². The summed E-state index contributed by atoms with van der Waals surface area (Å²) in [6.07, 6.45) is 8.46. The van der Waals surface area contributed by atoms with Crippen molar-refractivity contribution in [1.82, 2.24) is 0 Å². The lowest BCUT2D eigenvalue weighted by atomic mass is 9.92. The summed E-state index contributed by atoms with van der Waals surface area (Å²) in [4.78, 5) is -0.0989. The first-order valence-corrected chi connectivity index (χ1v) is 8.57. The van der Waals surface area contributed by atoms with E-state index < -0.39 is 5.82 Å². The van der Waals surface area contributed by atoms with Gasteiger partial charge in [0.25, 0.3) is 0 Å². The van der Waals surface area contributed by atoms with Gasteiger partial charge in [-0.05, 0) is 40.4 Å². The molecule has 0 bridgehead atoms. The molecule has 4 heteroatoms. The summed E-state index contributed by atoms with van der Waals surface area (Å²) in [7, 11) is 0. The molecule has 19 heavy (non-hydrogen) atoms. The molecule has 0 radical (unpaired) electrons. The number of rotatable bonds is 3. The number of halogens is 4. The van der Waals surface area contributed by atoms with Gasteiger partial charge >= 0.3 is 0 Å². The Morgan fingerprint density at radius 2 is 1.68 bits per heavy atom. The Hall–Kier alpha value is 0.0400. The Bertz CT molecular complexity index is 426. The normalized spacial score (nSPS) is 19.2. The van der Waals surface area contributed by atoms with Crippen LogP contribution in [0, 0.1) is 17.6 Å². The molecule has 0 N–H and O–H groups in total. The molecule has 1 unspecified atom stereocenters. The Labute approximate surface area is 130 Å². The van der Waals surface area contributed by atoms with Gasteiger partial charge in [-0.3, -0.25) is 0 Å². The lowest BCUT2D eigenvalue weighted by molar-refractivity contribution is 0.422. The number of benzene rings is 1. The summed E-state index contributed by atoms with van der Waals surface area (Å²) in [5, 5.41) is 0. The fourth-order valence-corrected chi connectivity index (χ4v) is 3.99. The SMILES string of the molecule is Fc1cc(C(Br)CC2CCCCCC2)c(F)cc1Br. The van der Waals surface area contributed by atoms with Crippen molar-refractivity contribution in [3.8, 4) is 0 Å². The molecule has 106 valence electrons. The highest BCUT2D eigenvalue weighted by Crippen LogP contribution is 2.37. The van der Waals surface area contributed by atoms with Gasteiger partial charge in [0.05, 0.1) is 4.47 Å². The van der Waals surface area contributed by atoms with Crippen molar-refractivity contribution in [3.63, 3.8) is 0 Å². The van der Waals surface area contributed by atoms with Crippen LogP contribution in [0.25, 0.3) is 0 Å². The molecule has 1 aromatic carbocycles. The van der Waals surface area contributed by atoms with Gasteiger partial charge in [-0.2, -0.15) is 0 Å². The Balaban J connectivity index is 2.06. The lowest BCUT2D eigenvalue weighted by Gasteiger charge is -2.19. The Morgan fingerprint density at radius 1 is 1.05 bits per heavy atom. The molecule has 1 aliphatic carbocycles. The summed E-state index contributed by atoms with van der Waals surface area (Å²) in [5.41, 5.74) is 0.435. The molecule has 0 amide bonds. The molecule has 1 aliphatic rings. The van der Waals surface area contributed by atoms with Gasteiger partial charge in [0.2, 0.25) is 0 Å². The highest BCUT2D eigenvalue weighted by Gasteiger charge is 2.21. The van der Waals surface area contributed by atoms with Crippen LogP contribution in [0.5, 0.6) is 0 Å². The van der Waals surface area contributed by atoms with Crippen LogP contribution in [0.2, 0.25) is 0 Å². The summed E-state index contributed by atoms with van der Waals surface area (Å²) in [6.45, 7) is 0. The van der Waals surface area contributed by atoms with E-state index in [0.717, 1.165) is 6.42 Å². The van der Waals surface area contributed by atoms with Crippen molar-refractivity contribution in [3.05, 3.63) is 33.8 Å². The molecule has 0 saturated heterocycles. The molecule has 1 fully saturated rings. The third-order valence-electron chi connectivity index (χ3n) is 3.89. The minimum atomic E-state index is -0.401. The average molecular weight is 396 g/mol. The highest BCUT2D eigenvalue weighted by atomic mass is 79.9. The van der Waals surface area contributed by atoms with E-state index in [9.17, 15) is 8.78 Å². The largest absolute Gasteiger partial charge is 0.207 e. The van der Waals surface area contributed by atoms with Crippen LogP contribution in [0.1, 0.15) is 55.3 Å². The van der Waals surface area contributed by atoms with Crippen molar-refractivity contribution in [2.24, 2.45) is 5.92 Å². The molecule has 1 aromatic rings. The van der Waals surface area contributed by atoms with Gasteiger partial charge in [0, 0.05) is 10.4 Å². The molecule has 0 aliphatic heterocycles. The standard InChI is InChI=1S/C15H18Br2F2/c16-12(7-10-5-3-1-2-4-6-10)11-8-15(19)13(17)9-14(11)18/h8-10,12H,1-7H2. The van der Waals surface area contributed by atoms with Crippen LogP contribution in [-0.4, -0.2) is 0 Å². The van der Waals surface area contributed by atoms with E-state index in [-0.39, 0.29) is 15.1 Å². The fraction of sp³-hybridized carbons (Fsp3) is 0.600. The second-order valence-electron chi connectivity index (χ2n) is 5.35. The smallest absolute Gasteiger partial charge is 0.137 e. The van der Waals surface area contributed by atoms with Gasteiger partial charge in [-0.15, -0.1) is 0 Å². The zero-order chi connectivity index (χ0) is 13.8. The van der Waals surface area contributed by atoms with Crippen LogP contribution in [0.3, 0.4) is 0 Å². The first-order chi connectivity index (χ1) is 9.08. The maximum Gasteiger partial charge on any atom is 0.137 e. The molecule has 0 nitrogen and oxygen atoms in total. The molecule has 0 spiro atoms.